The van der Waals surface area contributed by atoms with Crippen molar-refractivity contribution in [1.82, 2.24) is 0 Å². The molecule has 0 saturated heterocycles. The third-order valence-corrected chi connectivity index (χ3v) is 1.91. The van der Waals surface area contributed by atoms with Gasteiger partial charge in [0.15, 0.2) is 23.7 Å². The molecule has 4 nitrogen and oxygen atoms in total. The molecule has 0 aliphatic carbocycles. The summed E-state index contributed by atoms with van der Waals surface area (Å²) in [5.41, 5.74) is 0. The first-order valence-corrected chi connectivity index (χ1v) is 6.02. The largest absolute Gasteiger partial charge is 0.436 e. The van der Waals surface area contributed by atoms with Crippen LogP contribution < -0.4 is 0 Å². The van der Waals surface area contributed by atoms with Crippen LogP contribution >= 0.6 is 0 Å². The van der Waals surface area contributed by atoms with E-state index < -0.39 is 6.29 Å². The number of hydrogen-bond donors (Lipinski definition) is 0. The lowest BCUT2D eigenvalue weighted by Crippen LogP contribution is -2.22. The van der Waals surface area contributed by atoms with Crippen LogP contribution in [0.5, 0.6) is 0 Å². The molecule has 0 bridgehead atoms. The molecule has 102 valence electrons. The Hall–Kier alpha value is -0.0775. The number of ether oxygens (including phenoxy) is 3. The Morgan fingerprint density at radius 2 is 1.59 bits per heavy atom. The van der Waals surface area contributed by atoms with Gasteiger partial charge >= 0.3 is 5.97 Å². The van der Waals surface area contributed by atoms with Gasteiger partial charge in [-0.1, -0.05) is 13.8 Å². The van der Waals surface area contributed by atoms with Gasteiger partial charge in [0.1, 0.15) is 0 Å². The van der Waals surface area contributed by atoms with Gasteiger partial charge in [-0.25, -0.2) is 0 Å². The summed E-state index contributed by atoms with van der Waals surface area (Å²) in [6.07, 6.45) is 1.59. The predicted molar refractivity (Wildman–Crippen MR) is 72.1 cm³/mol. The molecule has 0 heterocycles. The van der Waals surface area contributed by atoms with E-state index in [0.29, 0.717) is 13.2 Å². The highest BCUT2D eigenvalue weighted by molar-refractivity contribution is 5.75. The molecule has 0 aromatic heterocycles. The second-order valence-electron chi connectivity index (χ2n) is 3.81. The molecular formula is C12H27AlO4. The van der Waals surface area contributed by atoms with Gasteiger partial charge < -0.3 is 14.2 Å². The van der Waals surface area contributed by atoms with E-state index in [9.17, 15) is 4.79 Å². The fourth-order valence-electron chi connectivity index (χ4n) is 1.16. The number of carbonyl (C=O) groups is 1. The van der Waals surface area contributed by atoms with Gasteiger partial charge in [-0.15, -0.1) is 0 Å². The second-order valence-corrected chi connectivity index (χ2v) is 3.81. The van der Waals surface area contributed by atoms with Crippen LogP contribution in [-0.2, 0) is 19.0 Å². The highest BCUT2D eigenvalue weighted by Crippen LogP contribution is 2.03. The summed E-state index contributed by atoms with van der Waals surface area (Å²) in [6.45, 7) is 8.92. The lowest BCUT2D eigenvalue weighted by Gasteiger charge is -2.16. The molecule has 0 N–H and O–H groups in total. The summed E-state index contributed by atoms with van der Waals surface area (Å²) in [6, 6.07) is 0. The van der Waals surface area contributed by atoms with E-state index >= 15 is 0 Å². The molecule has 0 aliphatic heterocycles. The monoisotopic (exact) mass is 262 g/mol. The Morgan fingerprint density at radius 1 is 1.06 bits per heavy atom. The van der Waals surface area contributed by atoms with Gasteiger partial charge in [0.25, 0.3) is 0 Å². The molecule has 0 fully saturated rings. The van der Waals surface area contributed by atoms with E-state index in [-0.39, 0.29) is 35.9 Å². The zero-order chi connectivity index (χ0) is 12.4. The van der Waals surface area contributed by atoms with E-state index in [4.69, 9.17) is 14.2 Å². The maximum Gasteiger partial charge on any atom is 0.310 e. The van der Waals surface area contributed by atoms with Crippen LogP contribution in [0.25, 0.3) is 0 Å². The zero-order valence-electron chi connectivity index (χ0n) is 10.8. The molecule has 0 spiro atoms. The number of rotatable bonds is 9. The SMILES string of the molecule is CCCOC(C)CC(=O)OC(C)OCCC.[AlH3]. The van der Waals surface area contributed by atoms with Gasteiger partial charge in [-0.3, -0.25) is 4.79 Å². The minimum atomic E-state index is -0.467. The van der Waals surface area contributed by atoms with Crippen LogP contribution in [0.1, 0.15) is 47.0 Å². The molecule has 0 aromatic rings. The number of carbonyl (C=O) groups excluding carboxylic acids is 1. The van der Waals surface area contributed by atoms with Crippen LogP contribution in [0.2, 0.25) is 0 Å². The molecule has 5 heteroatoms. The maximum absolute atomic E-state index is 11.4. The van der Waals surface area contributed by atoms with Crippen molar-refractivity contribution in [3.05, 3.63) is 0 Å². The van der Waals surface area contributed by atoms with Crippen molar-refractivity contribution in [3.8, 4) is 0 Å². The third kappa shape index (κ3) is 12.2. The summed E-state index contributed by atoms with van der Waals surface area (Å²) in [7, 11) is 0. The lowest BCUT2D eigenvalue weighted by atomic mass is 10.3. The van der Waals surface area contributed by atoms with Crippen LogP contribution in [0, 0.1) is 0 Å². The highest BCUT2D eigenvalue weighted by Gasteiger charge is 2.13. The first-order chi connectivity index (χ1) is 7.60. The van der Waals surface area contributed by atoms with Crippen molar-refractivity contribution < 1.29 is 19.0 Å². The Morgan fingerprint density at radius 3 is 2.12 bits per heavy atom. The van der Waals surface area contributed by atoms with Crippen LogP contribution in [0.15, 0.2) is 0 Å². The summed E-state index contributed by atoms with van der Waals surface area (Å²) < 4.78 is 15.7. The quantitative estimate of drug-likeness (QED) is 0.357. The second kappa shape index (κ2) is 12.4. The van der Waals surface area contributed by atoms with E-state index in [1.807, 2.05) is 20.8 Å². The molecule has 0 rings (SSSR count). The van der Waals surface area contributed by atoms with Crippen molar-refractivity contribution >= 4 is 23.3 Å². The Labute approximate surface area is 115 Å². The molecular weight excluding hydrogens is 235 g/mol. The van der Waals surface area contributed by atoms with Crippen LogP contribution in [0.4, 0.5) is 0 Å². The van der Waals surface area contributed by atoms with Gasteiger partial charge in [0, 0.05) is 6.61 Å². The van der Waals surface area contributed by atoms with Crippen LogP contribution in [0.3, 0.4) is 0 Å². The molecule has 0 aliphatic rings. The molecule has 2 atom stereocenters. The van der Waals surface area contributed by atoms with E-state index in [0.717, 1.165) is 12.8 Å². The topological polar surface area (TPSA) is 44.8 Å². The smallest absolute Gasteiger partial charge is 0.310 e. The Balaban J connectivity index is 0. The van der Waals surface area contributed by atoms with E-state index in [1.54, 1.807) is 6.92 Å². The van der Waals surface area contributed by atoms with Crippen molar-refractivity contribution in [2.24, 2.45) is 0 Å². The molecule has 0 radical (unpaired) electrons. The molecule has 17 heavy (non-hydrogen) atoms. The first kappa shape index (κ1) is 19.3. The van der Waals surface area contributed by atoms with Crippen molar-refractivity contribution in [3.63, 3.8) is 0 Å². The minimum Gasteiger partial charge on any atom is -0.436 e. The summed E-state index contributed by atoms with van der Waals surface area (Å²) in [5.74, 6) is -0.271. The predicted octanol–water partition coefficient (Wildman–Crippen LogP) is 1.32. The summed E-state index contributed by atoms with van der Waals surface area (Å²) in [4.78, 5) is 11.4. The van der Waals surface area contributed by atoms with E-state index in [2.05, 4.69) is 0 Å². The number of esters is 1. The van der Waals surface area contributed by atoms with Crippen molar-refractivity contribution in [2.45, 2.75) is 59.4 Å². The van der Waals surface area contributed by atoms with Crippen molar-refractivity contribution in [1.29, 1.82) is 0 Å². The van der Waals surface area contributed by atoms with E-state index in [1.165, 1.54) is 0 Å². The first-order valence-electron chi connectivity index (χ1n) is 6.02. The summed E-state index contributed by atoms with van der Waals surface area (Å²) >= 11 is 0. The zero-order valence-corrected chi connectivity index (χ0v) is 10.8. The van der Waals surface area contributed by atoms with Gasteiger partial charge in [-0.2, -0.15) is 0 Å². The normalized spacial score (nSPS) is 13.6. The average molecular weight is 262 g/mol. The maximum atomic E-state index is 11.4. The number of hydrogen-bond acceptors (Lipinski definition) is 4. The van der Waals surface area contributed by atoms with Gasteiger partial charge in [0.2, 0.25) is 0 Å². The standard InChI is InChI=1S/C12H24O4.Al.3H/c1-5-7-14-10(3)9-12(13)16-11(4)15-8-6-2;;;;/h10-11H,5-9H2,1-4H3;;;;. The molecule has 0 amide bonds. The minimum absolute atomic E-state index is 0. The highest BCUT2D eigenvalue weighted by atomic mass is 27.0. The fourth-order valence-corrected chi connectivity index (χ4v) is 1.16. The van der Waals surface area contributed by atoms with Crippen LogP contribution in [-0.4, -0.2) is 48.9 Å². The van der Waals surface area contributed by atoms with Gasteiger partial charge in [0.05, 0.1) is 19.1 Å². The molecule has 0 saturated carbocycles. The molecule has 2 unspecified atom stereocenters. The fraction of sp³-hybridized carbons (Fsp3) is 0.917. The average Bonchev–Trinajstić information content (AvgIpc) is 2.23. The van der Waals surface area contributed by atoms with Crippen molar-refractivity contribution in [2.75, 3.05) is 13.2 Å². The summed E-state index contributed by atoms with van der Waals surface area (Å²) in [5, 5.41) is 0. The lowest BCUT2D eigenvalue weighted by molar-refractivity contribution is -0.177. The third-order valence-electron chi connectivity index (χ3n) is 1.91. The molecule has 0 aromatic carbocycles. The Kier molecular flexibility index (Phi) is 14.0. The Bertz CT molecular complexity index is 169. The van der Waals surface area contributed by atoms with Gasteiger partial charge in [-0.05, 0) is 26.7 Å².